The van der Waals surface area contributed by atoms with E-state index in [0.29, 0.717) is 24.5 Å². The van der Waals surface area contributed by atoms with E-state index in [2.05, 4.69) is 30.1 Å². The molecule has 6 heteroatoms. The molecule has 2 rings (SSSR count). The lowest BCUT2D eigenvalue weighted by molar-refractivity contribution is 0.259. The summed E-state index contributed by atoms with van der Waals surface area (Å²) in [5.74, 6) is 0.549. The van der Waals surface area contributed by atoms with Crippen molar-refractivity contribution in [1.29, 1.82) is 5.26 Å². The van der Waals surface area contributed by atoms with Crippen molar-refractivity contribution in [2.45, 2.75) is 80.9 Å². The van der Waals surface area contributed by atoms with Gasteiger partial charge in [0.2, 0.25) is 5.88 Å². The third kappa shape index (κ3) is 9.60. The lowest BCUT2D eigenvalue weighted by Gasteiger charge is -2.21. The molecule has 0 aliphatic heterocycles. The number of aromatic nitrogens is 1. The molecule has 0 saturated carbocycles. The lowest BCUT2D eigenvalue weighted by Crippen LogP contribution is -2.26. The number of aliphatic hydroxyl groups excluding tert-OH is 1. The summed E-state index contributed by atoms with van der Waals surface area (Å²) >= 11 is 1.57. The Kier molecular flexibility index (Phi) is 12.8. The largest absolute Gasteiger partial charge is 0.478 e. The first kappa shape index (κ1) is 26.2. The van der Waals surface area contributed by atoms with Crippen LogP contribution >= 0.6 is 11.8 Å². The van der Waals surface area contributed by atoms with Crippen molar-refractivity contribution >= 4 is 11.8 Å². The topological polar surface area (TPSA) is 92.2 Å². The maximum atomic E-state index is 9.56. The Morgan fingerprint density at radius 3 is 2.44 bits per heavy atom. The van der Waals surface area contributed by atoms with Crippen LogP contribution in [-0.2, 0) is 0 Å². The molecule has 2 aromatic rings. The summed E-state index contributed by atoms with van der Waals surface area (Å²) in [5, 5.41) is 19.0. The predicted octanol–water partition coefficient (Wildman–Crippen LogP) is 6.02. The smallest absolute Gasteiger partial charge is 0.214 e. The number of nitrogens with zero attached hydrogens (tertiary/aromatic N) is 2. The van der Waals surface area contributed by atoms with E-state index < -0.39 is 0 Å². The predicted molar refractivity (Wildman–Crippen MR) is 132 cm³/mol. The molecule has 0 aliphatic carbocycles. The van der Waals surface area contributed by atoms with Crippen molar-refractivity contribution in [1.82, 2.24) is 4.98 Å². The molecule has 32 heavy (non-hydrogen) atoms. The van der Waals surface area contributed by atoms with Gasteiger partial charge in [0.05, 0.1) is 18.8 Å². The molecular weight excluding hydrogens is 418 g/mol. The number of hydrogen-bond donors (Lipinski definition) is 2. The van der Waals surface area contributed by atoms with E-state index in [9.17, 15) is 10.4 Å². The zero-order valence-electron chi connectivity index (χ0n) is 19.2. The van der Waals surface area contributed by atoms with Crippen molar-refractivity contribution in [3.05, 3.63) is 53.7 Å². The molecule has 3 N–H and O–H groups in total. The molecule has 0 saturated heterocycles. The van der Waals surface area contributed by atoms with Crippen molar-refractivity contribution in [2.24, 2.45) is 5.73 Å². The quantitative estimate of drug-likeness (QED) is 0.238. The van der Waals surface area contributed by atoms with Gasteiger partial charge in [-0.3, -0.25) is 0 Å². The fraction of sp³-hybridized carbons (Fsp3) is 0.538. The molecule has 1 aromatic carbocycles. The Labute approximate surface area is 197 Å². The van der Waals surface area contributed by atoms with Crippen LogP contribution in [0.15, 0.2) is 47.5 Å². The number of nitrogens with two attached hydrogens (primary N) is 1. The maximum Gasteiger partial charge on any atom is 0.214 e. The van der Waals surface area contributed by atoms with Gasteiger partial charge in [0, 0.05) is 28.5 Å². The summed E-state index contributed by atoms with van der Waals surface area (Å²) in [4.78, 5) is 5.14. The summed E-state index contributed by atoms with van der Waals surface area (Å²) in [5.41, 5.74) is 7.68. The molecule has 0 spiro atoms. The average Bonchev–Trinajstić information content (AvgIpc) is 2.83. The summed E-state index contributed by atoms with van der Waals surface area (Å²) < 4.78 is 5.88. The number of nitriles is 1. The standard InChI is InChI=1S/C26H37N3O2S/c1-2-3-4-5-6-7-8-12-15-31-26-17-25(22(18-27)19-29-26)32-24(16-23(28)20-30)21-13-10-9-11-14-21/h9-11,13-14,17,19,23-24,30H,2-8,12,15-16,20,28H2,1H3/t23?,24-/m0/s1. The van der Waals surface area contributed by atoms with Crippen LogP contribution in [0.3, 0.4) is 0 Å². The second-order valence-corrected chi connectivity index (χ2v) is 9.39. The summed E-state index contributed by atoms with van der Waals surface area (Å²) in [6.07, 6.45) is 12.2. The molecule has 0 radical (unpaired) electrons. The number of hydrogen-bond acceptors (Lipinski definition) is 6. The number of unbranched alkanes of at least 4 members (excludes halogenated alkanes) is 7. The Morgan fingerprint density at radius 1 is 1.09 bits per heavy atom. The number of benzene rings is 1. The molecule has 1 heterocycles. The van der Waals surface area contributed by atoms with Crippen molar-refractivity contribution in [3.8, 4) is 11.9 Å². The minimum Gasteiger partial charge on any atom is -0.478 e. The summed E-state index contributed by atoms with van der Waals surface area (Å²) in [6.45, 7) is 2.80. The highest BCUT2D eigenvalue weighted by atomic mass is 32.2. The molecule has 0 amide bonds. The van der Waals surface area contributed by atoms with Gasteiger partial charge in [-0.2, -0.15) is 5.26 Å². The zero-order valence-corrected chi connectivity index (χ0v) is 20.0. The molecule has 1 aromatic heterocycles. The molecule has 0 aliphatic rings. The first-order valence-electron chi connectivity index (χ1n) is 11.8. The molecular formula is C26H37N3O2S. The zero-order chi connectivity index (χ0) is 23.0. The normalized spacial score (nSPS) is 12.8. The van der Waals surface area contributed by atoms with E-state index in [4.69, 9.17) is 10.5 Å². The minimum atomic E-state index is -0.322. The van der Waals surface area contributed by atoms with E-state index >= 15 is 0 Å². The second-order valence-electron chi connectivity index (χ2n) is 8.15. The van der Waals surface area contributed by atoms with Gasteiger partial charge < -0.3 is 15.6 Å². The van der Waals surface area contributed by atoms with Crippen LogP contribution in [0.5, 0.6) is 5.88 Å². The van der Waals surface area contributed by atoms with Crippen molar-refractivity contribution in [3.63, 3.8) is 0 Å². The van der Waals surface area contributed by atoms with Gasteiger partial charge in [-0.15, -0.1) is 11.8 Å². The molecule has 0 bridgehead atoms. The van der Waals surface area contributed by atoms with Crippen molar-refractivity contribution in [2.75, 3.05) is 13.2 Å². The van der Waals surface area contributed by atoms with Crippen LogP contribution < -0.4 is 10.5 Å². The number of aliphatic hydroxyl groups is 1. The first-order valence-corrected chi connectivity index (χ1v) is 12.7. The van der Waals surface area contributed by atoms with Gasteiger partial charge in [0.1, 0.15) is 6.07 Å². The summed E-state index contributed by atoms with van der Waals surface area (Å²) in [7, 11) is 0. The number of rotatable bonds is 16. The van der Waals surface area contributed by atoms with Crippen LogP contribution in [0, 0.1) is 11.3 Å². The van der Waals surface area contributed by atoms with Crippen LogP contribution in [-0.4, -0.2) is 29.3 Å². The minimum absolute atomic E-state index is 0.0217. The Morgan fingerprint density at radius 2 is 1.78 bits per heavy atom. The average molecular weight is 456 g/mol. The monoisotopic (exact) mass is 455 g/mol. The van der Waals surface area contributed by atoms with E-state index in [0.717, 1.165) is 16.9 Å². The molecule has 1 unspecified atom stereocenters. The van der Waals surface area contributed by atoms with Crippen LogP contribution in [0.4, 0.5) is 0 Å². The second kappa shape index (κ2) is 15.7. The molecule has 5 nitrogen and oxygen atoms in total. The van der Waals surface area contributed by atoms with Crippen molar-refractivity contribution < 1.29 is 9.84 Å². The maximum absolute atomic E-state index is 9.56. The first-order chi connectivity index (χ1) is 15.7. The van der Waals surface area contributed by atoms with Gasteiger partial charge in [-0.1, -0.05) is 82.2 Å². The number of ether oxygens (including phenoxy) is 1. The van der Waals surface area contributed by atoms with E-state index in [1.54, 1.807) is 18.0 Å². The van der Waals surface area contributed by atoms with E-state index in [1.165, 1.54) is 44.9 Å². The Hall–Kier alpha value is -2.07. The molecule has 0 fully saturated rings. The van der Waals surface area contributed by atoms with Crippen LogP contribution in [0.25, 0.3) is 0 Å². The fourth-order valence-electron chi connectivity index (χ4n) is 3.51. The van der Waals surface area contributed by atoms with Gasteiger partial charge in [0.25, 0.3) is 0 Å². The molecule has 2 atom stereocenters. The van der Waals surface area contributed by atoms with E-state index in [-0.39, 0.29) is 17.9 Å². The number of pyridine rings is 1. The molecule has 174 valence electrons. The highest BCUT2D eigenvalue weighted by Gasteiger charge is 2.19. The third-order valence-corrected chi connectivity index (χ3v) is 6.74. The number of thioether (sulfide) groups is 1. The Balaban J connectivity index is 1.94. The van der Waals surface area contributed by atoms with Gasteiger partial charge in [-0.05, 0) is 18.4 Å². The van der Waals surface area contributed by atoms with E-state index in [1.807, 2.05) is 24.3 Å². The SMILES string of the molecule is CCCCCCCCCCOc1cc(S[C@@H](CC(N)CO)c2ccccc2)c(C#N)cn1. The fourth-order valence-corrected chi connectivity index (χ4v) is 4.85. The summed E-state index contributed by atoms with van der Waals surface area (Å²) in [6, 6.07) is 13.8. The lowest BCUT2D eigenvalue weighted by atomic mass is 10.1. The third-order valence-electron chi connectivity index (χ3n) is 5.40. The van der Waals surface area contributed by atoms with Gasteiger partial charge in [-0.25, -0.2) is 4.98 Å². The Bertz CT molecular complexity index is 810. The van der Waals surface area contributed by atoms with Gasteiger partial charge >= 0.3 is 0 Å². The highest BCUT2D eigenvalue weighted by Crippen LogP contribution is 2.40. The highest BCUT2D eigenvalue weighted by molar-refractivity contribution is 7.99. The van der Waals surface area contributed by atoms with Crippen LogP contribution in [0.2, 0.25) is 0 Å². The van der Waals surface area contributed by atoms with Gasteiger partial charge in [0.15, 0.2) is 0 Å². The van der Waals surface area contributed by atoms with Crippen LogP contribution in [0.1, 0.15) is 81.1 Å².